The number of allylic oxidation sites excluding steroid dienone is 1. The maximum absolute atomic E-state index is 5.88. The van der Waals surface area contributed by atoms with Crippen molar-refractivity contribution < 1.29 is 14.2 Å². The summed E-state index contributed by atoms with van der Waals surface area (Å²) < 4.78 is 20.0. The van der Waals surface area contributed by atoms with Crippen molar-refractivity contribution in [3.63, 3.8) is 0 Å². The van der Waals surface area contributed by atoms with Gasteiger partial charge in [0.05, 0.1) is 21.3 Å². The fraction of sp³-hybridized carbons (Fsp3) is 0.234. The van der Waals surface area contributed by atoms with Crippen LogP contribution in [-0.4, -0.2) is 21.3 Å². The zero-order chi connectivity index (χ0) is 35.5. The molecule has 0 saturated carbocycles. The first kappa shape index (κ1) is 33.1. The fourth-order valence-electron chi connectivity index (χ4n) is 8.82. The van der Waals surface area contributed by atoms with Crippen LogP contribution in [0.2, 0.25) is 0 Å². The summed E-state index contributed by atoms with van der Waals surface area (Å²) >= 11 is 1.86. The van der Waals surface area contributed by atoms with Crippen molar-refractivity contribution in [1.29, 1.82) is 0 Å². The Balaban J connectivity index is 1.43. The number of benzene rings is 6. The number of thiophene rings is 1. The number of aryl methyl sites for hydroxylation is 1. The van der Waals surface area contributed by atoms with E-state index in [0.29, 0.717) is 0 Å². The lowest BCUT2D eigenvalue weighted by Gasteiger charge is -2.33. The third-order valence-electron chi connectivity index (χ3n) is 11.8. The molecule has 0 saturated heterocycles. The molecule has 0 bridgehead atoms. The molecule has 4 heteroatoms. The maximum Gasteiger partial charge on any atom is 0.161 e. The molecule has 0 fully saturated rings. The van der Waals surface area contributed by atoms with Gasteiger partial charge in [-0.3, -0.25) is 0 Å². The second kappa shape index (κ2) is 12.6. The Morgan fingerprint density at radius 3 is 2.02 bits per heavy atom. The smallest absolute Gasteiger partial charge is 0.161 e. The number of hydrogen-bond acceptors (Lipinski definition) is 4. The van der Waals surface area contributed by atoms with E-state index in [0.717, 1.165) is 30.1 Å². The van der Waals surface area contributed by atoms with Gasteiger partial charge in [-0.2, -0.15) is 0 Å². The van der Waals surface area contributed by atoms with E-state index in [-0.39, 0.29) is 5.41 Å². The molecule has 51 heavy (non-hydrogen) atoms. The highest BCUT2D eigenvalue weighted by atomic mass is 32.1. The third-order valence-corrected chi connectivity index (χ3v) is 12.9. The summed E-state index contributed by atoms with van der Waals surface area (Å²) in [4.78, 5) is 0. The zero-order valence-corrected chi connectivity index (χ0v) is 31.3. The largest absolute Gasteiger partial charge is 0.497 e. The van der Waals surface area contributed by atoms with E-state index in [1.54, 1.807) is 21.3 Å². The van der Waals surface area contributed by atoms with Gasteiger partial charge >= 0.3 is 0 Å². The number of methoxy groups -OCH3 is 3. The van der Waals surface area contributed by atoms with Crippen molar-refractivity contribution in [3.8, 4) is 28.4 Å². The molecular weight excluding hydrogens is 645 g/mol. The normalized spacial score (nSPS) is 14.6. The molecule has 256 valence electrons. The third kappa shape index (κ3) is 4.91. The van der Waals surface area contributed by atoms with Gasteiger partial charge < -0.3 is 14.2 Å². The average Bonchev–Trinajstić information content (AvgIpc) is 3.70. The van der Waals surface area contributed by atoms with E-state index >= 15 is 0 Å². The standard InChI is InChI=1S/C47H44O3S/c1-8-47(9-2)39-16-12-10-15-35(39)44-38-28-41(50-7)40(49-6)27-36(38)29(3)33(45(44)47)24-25-46(4,30-18-21-32(48-5)22-19-30)31-20-23-43-37(26-31)34-14-11-13-17-42(34)51-43/h10-28H,8-9H2,1-7H3/b25-24-. The summed E-state index contributed by atoms with van der Waals surface area (Å²) in [5, 5.41) is 5.00. The number of fused-ring (bicyclic) bond motifs is 8. The van der Waals surface area contributed by atoms with Crippen molar-refractivity contribution in [2.45, 2.75) is 51.4 Å². The first-order valence-corrected chi connectivity index (χ1v) is 18.7. The van der Waals surface area contributed by atoms with Crippen molar-refractivity contribution in [2.75, 3.05) is 21.3 Å². The highest BCUT2D eigenvalue weighted by Crippen LogP contribution is 2.58. The van der Waals surface area contributed by atoms with Gasteiger partial charge in [0, 0.05) is 31.0 Å². The van der Waals surface area contributed by atoms with Crippen LogP contribution in [0.3, 0.4) is 0 Å². The van der Waals surface area contributed by atoms with Gasteiger partial charge in [-0.15, -0.1) is 11.3 Å². The van der Waals surface area contributed by atoms with Gasteiger partial charge in [-0.05, 0) is 124 Å². The molecule has 7 aromatic rings. The molecule has 6 aromatic carbocycles. The van der Waals surface area contributed by atoms with Crippen LogP contribution >= 0.6 is 11.3 Å². The Bertz CT molecular complexity index is 2480. The van der Waals surface area contributed by atoms with E-state index in [4.69, 9.17) is 14.2 Å². The van der Waals surface area contributed by atoms with E-state index in [2.05, 4.69) is 143 Å². The Morgan fingerprint density at radius 2 is 1.31 bits per heavy atom. The quantitative estimate of drug-likeness (QED) is 0.151. The minimum atomic E-state index is -0.443. The Labute approximate surface area is 305 Å². The number of hydrogen-bond donors (Lipinski definition) is 0. The monoisotopic (exact) mass is 688 g/mol. The molecule has 1 unspecified atom stereocenters. The molecule has 1 heterocycles. The lowest BCUT2D eigenvalue weighted by atomic mass is 9.70. The predicted octanol–water partition coefficient (Wildman–Crippen LogP) is 12.6. The summed E-state index contributed by atoms with van der Waals surface area (Å²) in [6, 6.07) is 37.7. The second-order valence-corrected chi connectivity index (χ2v) is 15.0. The highest BCUT2D eigenvalue weighted by Gasteiger charge is 2.43. The topological polar surface area (TPSA) is 27.7 Å². The summed E-state index contributed by atoms with van der Waals surface area (Å²) in [5.41, 5.74) is 9.88. The lowest BCUT2D eigenvalue weighted by molar-refractivity contribution is 0.356. The lowest BCUT2D eigenvalue weighted by Crippen LogP contribution is -2.25. The zero-order valence-electron chi connectivity index (χ0n) is 30.5. The van der Waals surface area contributed by atoms with Crippen LogP contribution in [0.5, 0.6) is 17.2 Å². The minimum absolute atomic E-state index is 0.122. The van der Waals surface area contributed by atoms with Crippen molar-refractivity contribution in [3.05, 3.63) is 143 Å². The van der Waals surface area contributed by atoms with Gasteiger partial charge in [0.25, 0.3) is 0 Å². The molecule has 1 aliphatic rings. The predicted molar refractivity (Wildman–Crippen MR) is 216 cm³/mol. The molecule has 0 spiro atoms. The second-order valence-electron chi connectivity index (χ2n) is 13.9. The fourth-order valence-corrected chi connectivity index (χ4v) is 9.90. The molecule has 0 N–H and O–H groups in total. The van der Waals surface area contributed by atoms with Crippen LogP contribution in [0.25, 0.3) is 48.1 Å². The van der Waals surface area contributed by atoms with Crippen LogP contribution in [-0.2, 0) is 10.8 Å². The molecule has 1 aliphatic carbocycles. The molecule has 1 atom stereocenters. The summed E-state index contributed by atoms with van der Waals surface area (Å²) in [6.07, 6.45) is 6.88. The van der Waals surface area contributed by atoms with Crippen LogP contribution in [0.1, 0.15) is 67.0 Å². The summed E-state index contributed by atoms with van der Waals surface area (Å²) in [6.45, 7) is 9.33. The number of rotatable bonds is 9. The van der Waals surface area contributed by atoms with Crippen LogP contribution < -0.4 is 14.2 Å². The average molecular weight is 689 g/mol. The Hall–Kier alpha value is -5.06. The highest BCUT2D eigenvalue weighted by molar-refractivity contribution is 7.25. The first-order chi connectivity index (χ1) is 24.8. The van der Waals surface area contributed by atoms with Gasteiger partial charge in [0.15, 0.2) is 11.5 Å². The molecule has 1 aromatic heterocycles. The maximum atomic E-state index is 5.88. The Morgan fingerprint density at radius 1 is 0.667 bits per heavy atom. The molecular formula is C47H44O3S. The Kier molecular flexibility index (Phi) is 8.19. The van der Waals surface area contributed by atoms with Crippen molar-refractivity contribution in [2.24, 2.45) is 0 Å². The summed E-state index contributed by atoms with van der Waals surface area (Å²) in [7, 11) is 5.17. The van der Waals surface area contributed by atoms with E-state index in [1.165, 1.54) is 75.5 Å². The number of ether oxygens (including phenoxy) is 3. The van der Waals surface area contributed by atoms with Crippen LogP contribution in [0, 0.1) is 6.92 Å². The van der Waals surface area contributed by atoms with Gasteiger partial charge in [0.1, 0.15) is 5.75 Å². The van der Waals surface area contributed by atoms with Crippen LogP contribution in [0.15, 0.2) is 109 Å². The van der Waals surface area contributed by atoms with E-state index in [9.17, 15) is 0 Å². The SMILES string of the molecule is CCC1(CC)c2ccccc2-c2c1c(/C=C\C(C)(c1ccc(OC)cc1)c1ccc3sc4ccccc4c3c1)c(C)c1cc(OC)c(OC)cc21. The summed E-state index contributed by atoms with van der Waals surface area (Å²) in [5.74, 6) is 2.34. The molecule has 3 nitrogen and oxygen atoms in total. The van der Waals surface area contributed by atoms with Crippen molar-refractivity contribution in [1.82, 2.24) is 0 Å². The van der Waals surface area contributed by atoms with Gasteiger partial charge in [0.2, 0.25) is 0 Å². The molecule has 0 amide bonds. The van der Waals surface area contributed by atoms with Gasteiger partial charge in [-0.1, -0.05) is 86.7 Å². The minimum Gasteiger partial charge on any atom is -0.497 e. The van der Waals surface area contributed by atoms with Crippen LogP contribution in [0.4, 0.5) is 0 Å². The van der Waals surface area contributed by atoms with Crippen molar-refractivity contribution >= 4 is 48.4 Å². The van der Waals surface area contributed by atoms with E-state index in [1.807, 2.05) is 11.3 Å². The van der Waals surface area contributed by atoms with E-state index < -0.39 is 5.41 Å². The molecule has 0 aliphatic heterocycles. The van der Waals surface area contributed by atoms with Gasteiger partial charge in [-0.25, -0.2) is 0 Å². The molecule has 0 radical (unpaired) electrons. The first-order valence-electron chi connectivity index (χ1n) is 17.9. The molecule has 8 rings (SSSR count).